The van der Waals surface area contributed by atoms with Gasteiger partial charge >= 0.3 is 5.97 Å². The summed E-state index contributed by atoms with van der Waals surface area (Å²) in [5, 5.41) is 6.66. The van der Waals surface area contributed by atoms with Crippen LogP contribution in [0.4, 0.5) is 11.4 Å². The molecule has 24 heavy (non-hydrogen) atoms. The van der Waals surface area contributed by atoms with Gasteiger partial charge in [0.05, 0.1) is 28.4 Å². The minimum Gasteiger partial charge on any atom is -0.465 e. The van der Waals surface area contributed by atoms with Gasteiger partial charge < -0.3 is 15.4 Å². The van der Waals surface area contributed by atoms with Gasteiger partial charge in [-0.2, -0.15) is 0 Å². The Bertz CT molecular complexity index is 750. The normalized spacial score (nSPS) is 10.1. The van der Waals surface area contributed by atoms with E-state index in [0.717, 1.165) is 0 Å². The van der Waals surface area contributed by atoms with Crippen molar-refractivity contribution in [2.75, 3.05) is 24.3 Å². The second-order valence-corrected chi connectivity index (χ2v) is 5.68. The summed E-state index contributed by atoms with van der Waals surface area (Å²) in [6.07, 6.45) is 0.227. The Morgan fingerprint density at radius 2 is 1.88 bits per heavy atom. The molecule has 0 saturated carbocycles. The highest BCUT2D eigenvalue weighted by Gasteiger charge is 2.08. The van der Waals surface area contributed by atoms with Crippen LogP contribution in [-0.4, -0.2) is 25.5 Å². The average Bonchev–Trinajstić information content (AvgIpc) is 2.58. The Kier molecular flexibility index (Phi) is 6.46. The van der Waals surface area contributed by atoms with E-state index < -0.39 is 5.97 Å². The van der Waals surface area contributed by atoms with Crippen LogP contribution in [0.5, 0.6) is 0 Å². The van der Waals surface area contributed by atoms with Crippen molar-refractivity contribution < 1.29 is 14.3 Å². The number of methoxy groups -OCH3 is 1. The van der Waals surface area contributed by atoms with E-state index in [1.165, 1.54) is 7.11 Å². The van der Waals surface area contributed by atoms with Gasteiger partial charge in [-0.1, -0.05) is 35.3 Å². The SMILES string of the molecule is COC(=O)c1cccc(NC(=O)CCNc2cccc(Cl)c2Cl)c1. The Hall–Kier alpha value is -2.24. The summed E-state index contributed by atoms with van der Waals surface area (Å²) < 4.78 is 4.65. The monoisotopic (exact) mass is 366 g/mol. The van der Waals surface area contributed by atoms with E-state index in [2.05, 4.69) is 15.4 Å². The number of carbonyl (C=O) groups is 2. The lowest BCUT2D eigenvalue weighted by Gasteiger charge is -2.10. The molecule has 0 aliphatic heterocycles. The van der Waals surface area contributed by atoms with Crippen molar-refractivity contribution in [1.29, 1.82) is 0 Å². The summed E-state index contributed by atoms with van der Waals surface area (Å²) in [6, 6.07) is 11.8. The number of esters is 1. The van der Waals surface area contributed by atoms with Gasteiger partial charge in [-0.05, 0) is 30.3 Å². The summed E-state index contributed by atoms with van der Waals surface area (Å²) in [6.45, 7) is 0.391. The van der Waals surface area contributed by atoms with E-state index in [1.54, 1.807) is 42.5 Å². The molecule has 0 bridgehead atoms. The van der Waals surface area contributed by atoms with Crippen LogP contribution in [-0.2, 0) is 9.53 Å². The van der Waals surface area contributed by atoms with E-state index in [-0.39, 0.29) is 12.3 Å². The van der Waals surface area contributed by atoms with Gasteiger partial charge in [0.2, 0.25) is 5.91 Å². The number of anilines is 2. The summed E-state index contributed by atoms with van der Waals surface area (Å²) >= 11 is 12.0. The van der Waals surface area contributed by atoms with Crippen LogP contribution in [0.15, 0.2) is 42.5 Å². The molecule has 0 aliphatic carbocycles. The van der Waals surface area contributed by atoms with Crippen LogP contribution in [0, 0.1) is 0 Å². The second-order valence-electron chi connectivity index (χ2n) is 4.90. The standard InChI is InChI=1S/C17H16Cl2N2O3/c1-24-17(23)11-4-2-5-12(10-11)21-15(22)8-9-20-14-7-3-6-13(18)16(14)19/h2-7,10,20H,8-9H2,1H3,(H,21,22). The molecule has 126 valence electrons. The molecule has 0 radical (unpaired) electrons. The molecule has 0 saturated heterocycles. The zero-order valence-corrected chi connectivity index (χ0v) is 14.4. The highest BCUT2D eigenvalue weighted by atomic mass is 35.5. The molecule has 0 aliphatic rings. The first-order chi connectivity index (χ1) is 11.5. The van der Waals surface area contributed by atoms with E-state index >= 15 is 0 Å². The van der Waals surface area contributed by atoms with E-state index in [9.17, 15) is 9.59 Å². The zero-order valence-electron chi connectivity index (χ0n) is 12.9. The minimum atomic E-state index is -0.455. The maximum absolute atomic E-state index is 12.0. The van der Waals surface area contributed by atoms with Crippen LogP contribution >= 0.6 is 23.2 Å². The number of hydrogen-bond donors (Lipinski definition) is 2. The van der Waals surface area contributed by atoms with Gasteiger partial charge in [-0.3, -0.25) is 4.79 Å². The highest BCUT2D eigenvalue weighted by molar-refractivity contribution is 6.43. The first-order valence-corrected chi connectivity index (χ1v) is 7.93. The average molecular weight is 367 g/mol. The third-order valence-corrected chi connectivity index (χ3v) is 4.01. The first kappa shape index (κ1) is 18.1. The van der Waals surface area contributed by atoms with Gasteiger partial charge in [0.25, 0.3) is 0 Å². The van der Waals surface area contributed by atoms with Crippen molar-refractivity contribution in [1.82, 2.24) is 0 Å². The molecular formula is C17H16Cl2N2O3. The molecule has 2 rings (SSSR count). The molecule has 2 N–H and O–H groups in total. The molecule has 0 fully saturated rings. The third kappa shape index (κ3) is 4.88. The molecule has 5 nitrogen and oxygen atoms in total. The maximum Gasteiger partial charge on any atom is 0.337 e. The van der Waals surface area contributed by atoms with Gasteiger partial charge in [0.1, 0.15) is 0 Å². The second kappa shape index (κ2) is 8.57. The predicted octanol–water partition coefficient (Wildman–Crippen LogP) is 4.22. The summed E-state index contributed by atoms with van der Waals surface area (Å²) in [4.78, 5) is 23.5. The molecule has 0 spiro atoms. The van der Waals surface area contributed by atoms with E-state index in [1.807, 2.05) is 0 Å². The van der Waals surface area contributed by atoms with Crippen molar-refractivity contribution in [3.8, 4) is 0 Å². The van der Waals surface area contributed by atoms with Crippen molar-refractivity contribution in [2.24, 2.45) is 0 Å². The van der Waals surface area contributed by atoms with Gasteiger partial charge in [0, 0.05) is 18.7 Å². The number of ether oxygens (including phenoxy) is 1. The number of nitrogens with one attached hydrogen (secondary N) is 2. The number of benzene rings is 2. The van der Waals surface area contributed by atoms with E-state index in [4.69, 9.17) is 23.2 Å². The number of hydrogen-bond acceptors (Lipinski definition) is 4. The van der Waals surface area contributed by atoms with Crippen LogP contribution < -0.4 is 10.6 Å². The minimum absolute atomic E-state index is 0.192. The highest BCUT2D eigenvalue weighted by Crippen LogP contribution is 2.29. The van der Waals surface area contributed by atoms with Gasteiger partial charge in [0.15, 0.2) is 0 Å². The van der Waals surface area contributed by atoms with Crippen LogP contribution in [0.2, 0.25) is 10.0 Å². The van der Waals surface area contributed by atoms with Crippen molar-refractivity contribution in [2.45, 2.75) is 6.42 Å². The zero-order chi connectivity index (χ0) is 17.5. The lowest BCUT2D eigenvalue weighted by Crippen LogP contribution is -2.16. The molecule has 7 heteroatoms. The topological polar surface area (TPSA) is 67.4 Å². The smallest absolute Gasteiger partial charge is 0.337 e. The molecule has 0 heterocycles. The largest absolute Gasteiger partial charge is 0.465 e. The summed E-state index contributed by atoms with van der Waals surface area (Å²) in [5.74, 6) is -0.647. The predicted molar refractivity (Wildman–Crippen MR) is 96.0 cm³/mol. The summed E-state index contributed by atoms with van der Waals surface area (Å²) in [5.41, 5.74) is 1.58. The van der Waals surface area contributed by atoms with Crippen LogP contribution in [0.3, 0.4) is 0 Å². The first-order valence-electron chi connectivity index (χ1n) is 7.17. The lowest BCUT2D eigenvalue weighted by atomic mass is 10.2. The van der Waals surface area contributed by atoms with Gasteiger partial charge in [-0.25, -0.2) is 4.79 Å². The quantitative estimate of drug-likeness (QED) is 0.751. The van der Waals surface area contributed by atoms with Crippen molar-refractivity contribution in [3.05, 3.63) is 58.1 Å². The molecule has 2 aromatic rings. The molecule has 2 aromatic carbocycles. The number of carbonyl (C=O) groups excluding carboxylic acids is 2. The molecular weight excluding hydrogens is 351 g/mol. The van der Waals surface area contributed by atoms with Gasteiger partial charge in [-0.15, -0.1) is 0 Å². The van der Waals surface area contributed by atoms with Crippen molar-refractivity contribution >= 4 is 46.5 Å². The molecule has 0 unspecified atom stereocenters. The Morgan fingerprint density at radius 3 is 2.62 bits per heavy atom. The number of rotatable bonds is 6. The number of amides is 1. The van der Waals surface area contributed by atoms with E-state index in [0.29, 0.717) is 33.5 Å². The third-order valence-electron chi connectivity index (χ3n) is 3.19. The Balaban J connectivity index is 1.87. The maximum atomic E-state index is 12.0. The Labute approximate surface area is 149 Å². The fraction of sp³-hybridized carbons (Fsp3) is 0.176. The number of halogens is 2. The Morgan fingerprint density at radius 1 is 1.12 bits per heavy atom. The molecule has 0 atom stereocenters. The fourth-order valence-electron chi connectivity index (χ4n) is 2.02. The van der Waals surface area contributed by atoms with Crippen LogP contribution in [0.25, 0.3) is 0 Å². The molecule has 0 aromatic heterocycles. The van der Waals surface area contributed by atoms with Crippen molar-refractivity contribution in [3.63, 3.8) is 0 Å². The summed E-state index contributed by atoms with van der Waals surface area (Å²) in [7, 11) is 1.31. The molecule has 1 amide bonds. The van der Waals surface area contributed by atoms with Crippen LogP contribution in [0.1, 0.15) is 16.8 Å². The lowest BCUT2D eigenvalue weighted by molar-refractivity contribution is -0.115. The fourth-order valence-corrected chi connectivity index (χ4v) is 2.38.